The van der Waals surface area contributed by atoms with Crippen molar-refractivity contribution in [2.45, 2.75) is 32.4 Å². The van der Waals surface area contributed by atoms with Crippen molar-refractivity contribution in [3.05, 3.63) is 12.2 Å². The molecule has 0 saturated carbocycles. The summed E-state index contributed by atoms with van der Waals surface area (Å²) < 4.78 is 0.120. The SMILES string of the molecule is C=C(C)C(=O)NC(CCC)(C(=O)O)[N+](C)(C)C. The number of carbonyl (C=O) groups is 2. The van der Waals surface area contributed by atoms with Crippen LogP contribution in [0, 0.1) is 0 Å². The number of rotatable bonds is 6. The second-order valence-electron chi connectivity index (χ2n) is 5.16. The topological polar surface area (TPSA) is 66.4 Å². The summed E-state index contributed by atoms with van der Waals surface area (Å²) in [5, 5.41) is 12.1. The maximum atomic E-state index is 11.7. The number of hydrogen-bond acceptors (Lipinski definition) is 2. The average Bonchev–Trinajstić information content (AvgIpc) is 2.14. The number of amides is 1. The van der Waals surface area contributed by atoms with Gasteiger partial charge < -0.3 is 5.11 Å². The van der Waals surface area contributed by atoms with Gasteiger partial charge in [0.05, 0.1) is 21.1 Å². The average molecular weight is 243 g/mol. The molecule has 0 aromatic rings. The molecule has 0 aliphatic rings. The van der Waals surface area contributed by atoms with E-state index in [-0.39, 0.29) is 4.48 Å². The molecule has 2 N–H and O–H groups in total. The Balaban J connectivity index is 5.42. The van der Waals surface area contributed by atoms with Crippen molar-refractivity contribution in [1.82, 2.24) is 5.32 Å². The number of likely N-dealkylation sites (N-methyl/N-ethyl adjacent to an activating group) is 1. The zero-order chi connectivity index (χ0) is 13.9. The predicted octanol–water partition coefficient (Wildman–Crippen LogP) is 0.966. The number of carboxylic acids is 1. The lowest BCUT2D eigenvalue weighted by atomic mass is 10.00. The summed E-state index contributed by atoms with van der Waals surface area (Å²) in [7, 11) is 5.26. The molecule has 1 unspecified atom stereocenters. The van der Waals surface area contributed by atoms with Crippen LogP contribution in [0.25, 0.3) is 0 Å². The molecule has 0 aromatic carbocycles. The Morgan fingerprint density at radius 1 is 1.35 bits per heavy atom. The number of quaternary nitrogens is 1. The van der Waals surface area contributed by atoms with Crippen LogP contribution in [0.2, 0.25) is 0 Å². The monoisotopic (exact) mass is 243 g/mol. The molecule has 17 heavy (non-hydrogen) atoms. The lowest BCUT2D eigenvalue weighted by Gasteiger charge is -2.42. The summed E-state index contributed by atoms with van der Waals surface area (Å²) in [5.74, 6) is -1.45. The molecule has 0 bridgehead atoms. The largest absolute Gasteiger partial charge is 0.475 e. The molecule has 98 valence electrons. The number of nitrogens with zero attached hydrogens (tertiary/aromatic N) is 1. The minimum atomic E-state index is -1.31. The highest BCUT2D eigenvalue weighted by Crippen LogP contribution is 2.22. The second kappa shape index (κ2) is 5.31. The van der Waals surface area contributed by atoms with Gasteiger partial charge in [-0.25, -0.2) is 4.79 Å². The van der Waals surface area contributed by atoms with E-state index in [0.29, 0.717) is 18.4 Å². The Kier molecular flexibility index (Phi) is 4.89. The van der Waals surface area contributed by atoms with Crippen molar-refractivity contribution < 1.29 is 19.2 Å². The van der Waals surface area contributed by atoms with Gasteiger partial charge in [-0.1, -0.05) is 13.5 Å². The van der Waals surface area contributed by atoms with E-state index in [4.69, 9.17) is 0 Å². The molecule has 0 heterocycles. The van der Waals surface area contributed by atoms with Crippen LogP contribution in [-0.4, -0.2) is 48.3 Å². The molecule has 5 heteroatoms. The lowest BCUT2D eigenvalue weighted by molar-refractivity contribution is -0.917. The number of hydrogen-bond donors (Lipinski definition) is 2. The van der Waals surface area contributed by atoms with Crippen molar-refractivity contribution in [1.29, 1.82) is 0 Å². The normalized spacial score (nSPS) is 14.9. The van der Waals surface area contributed by atoms with Gasteiger partial charge in [0.25, 0.3) is 11.6 Å². The summed E-state index contributed by atoms with van der Waals surface area (Å²) in [5.41, 5.74) is -1.01. The third kappa shape index (κ3) is 3.30. The Hall–Kier alpha value is -1.36. The van der Waals surface area contributed by atoms with Gasteiger partial charge in [0.1, 0.15) is 0 Å². The van der Waals surface area contributed by atoms with Gasteiger partial charge in [0, 0.05) is 12.0 Å². The van der Waals surface area contributed by atoms with Gasteiger partial charge in [-0.15, -0.1) is 0 Å². The Morgan fingerprint density at radius 3 is 2.06 bits per heavy atom. The van der Waals surface area contributed by atoms with Crippen molar-refractivity contribution in [3.8, 4) is 0 Å². The summed E-state index contributed by atoms with van der Waals surface area (Å²) in [6.07, 6.45) is 1.03. The highest BCUT2D eigenvalue weighted by atomic mass is 16.4. The quantitative estimate of drug-likeness (QED) is 0.415. The van der Waals surface area contributed by atoms with Crippen LogP contribution < -0.4 is 5.32 Å². The minimum Gasteiger partial charge on any atom is -0.475 e. The summed E-state index contributed by atoms with van der Waals surface area (Å²) in [6.45, 7) is 6.98. The maximum Gasteiger partial charge on any atom is 0.388 e. The minimum absolute atomic E-state index is 0.120. The lowest BCUT2D eigenvalue weighted by Crippen LogP contribution is -2.71. The van der Waals surface area contributed by atoms with Gasteiger partial charge in [0.2, 0.25) is 0 Å². The maximum absolute atomic E-state index is 11.7. The first-order chi connectivity index (χ1) is 7.58. The van der Waals surface area contributed by atoms with E-state index in [1.54, 1.807) is 28.1 Å². The van der Waals surface area contributed by atoms with Crippen LogP contribution >= 0.6 is 0 Å². The van der Waals surface area contributed by atoms with Crippen molar-refractivity contribution >= 4 is 11.9 Å². The number of aliphatic carboxylic acids is 1. The van der Waals surface area contributed by atoms with E-state index in [9.17, 15) is 14.7 Å². The zero-order valence-electron chi connectivity index (χ0n) is 11.3. The fourth-order valence-corrected chi connectivity index (χ4v) is 1.67. The molecule has 0 spiro atoms. The summed E-state index contributed by atoms with van der Waals surface area (Å²) >= 11 is 0. The summed E-state index contributed by atoms with van der Waals surface area (Å²) in [4.78, 5) is 23.3. The third-order valence-electron chi connectivity index (χ3n) is 2.82. The van der Waals surface area contributed by atoms with Crippen molar-refractivity contribution in [2.24, 2.45) is 0 Å². The standard InChI is InChI=1S/C12H22N2O3/c1-7-8-12(11(16)17,14(4,5)6)13-10(15)9(2)3/h2,7-8H2,1,3-6H3,(H-,13,15,16,17)/p+1. The van der Waals surface area contributed by atoms with Crippen molar-refractivity contribution in [3.63, 3.8) is 0 Å². The van der Waals surface area contributed by atoms with Crippen LogP contribution in [0.4, 0.5) is 0 Å². The van der Waals surface area contributed by atoms with E-state index in [2.05, 4.69) is 11.9 Å². The van der Waals surface area contributed by atoms with E-state index in [0.717, 1.165) is 0 Å². The van der Waals surface area contributed by atoms with Crippen molar-refractivity contribution in [2.75, 3.05) is 21.1 Å². The van der Waals surface area contributed by atoms with Gasteiger partial charge in [-0.3, -0.25) is 14.6 Å². The first-order valence-corrected chi connectivity index (χ1v) is 5.61. The van der Waals surface area contributed by atoms with E-state index in [1.807, 2.05) is 6.92 Å². The first kappa shape index (κ1) is 15.6. The smallest absolute Gasteiger partial charge is 0.388 e. The molecular weight excluding hydrogens is 220 g/mol. The fourth-order valence-electron chi connectivity index (χ4n) is 1.67. The van der Waals surface area contributed by atoms with Gasteiger partial charge >= 0.3 is 5.97 Å². The number of carboxylic acid groups (broad SMARTS) is 1. The molecule has 1 amide bonds. The molecule has 1 atom stereocenters. The summed E-state index contributed by atoms with van der Waals surface area (Å²) in [6, 6.07) is 0. The Morgan fingerprint density at radius 2 is 1.82 bits per heavy atom. The molecule has 0 aliphatic heterocycles. The van der Waals surface area contributed by atoms with E-state index < -0.39 is 17.5 Å². The van der Waals surface area contributed by atoms with E-state index in [1.165, 1.54) is 0 Å². The molecule has 0 fully saturated rings. The Labute approximate surface area is 103 Å². The second-order valence-corrected chi connectivity index (χ2v) is 5.16. The van der Waals surface area contributed by atoms with Crippen LogP contribution in [0.15, 0.2) is 12.2 Å². The third-order valence-corrected chi connectivity index (χ3v) is 2.82. The van der Waals surface area contributed by atoms with Crippen LogP contribution in [0.5, 0.6) is 0 Å². The number of carbonyl (C=O) groups excluding carboxylic acids is 1. The highest BCUT2D eigenvalue weighted by molar-refractivity contribution is 5.95. The number of nitrogens with one attached hydrogen (secondary N) is 1. The van der Waals surface area contributed by atoms with Crippen LogP contribution in [0.3, 0.4) is 0 Å². The van der Waals surface area contributed by atoms with Gasteiger partial charge in [0.15, 0.2) is 0 Å². The highest BCUT2D eigenvalue weighted by Gasteiger charge is 2.51. The molecule has 0 rings (SSSR count). The van der Waals surface area contributed by atoms with Crippen LogP contribution in [0.1, 0.15) is 26.7 Å². The van der Waals surface area contributed by atoms with Gasteiger partial charge in [-0.2, -0.15) is 0 Å². The predicted molar refractivity (Wildman–Crippen MR) is 66.3 cm³/mol. The molecule has 0 radical (unpaired) electrons. The zero-order valence-corrected chi connectivity index (χ0v) is 11.3. The van der Waals surface area contributed by atoms with Crippen LogP contribution in [-0.2, 0) is 9.59 Å². The molecular formula is C12H23N2O3+. The molecule has 0 aromatic heterocycles. The van der Waals surface area contributed by atoms with E-state index >= 15 is 0 Å². The van der Waals surface area contributed by atoms with Gasteiger partial charge in [-0.05, 0) is 13.3 Å². The first-order valence-electron chi connectivity index (χ1n) is 5.61. The fraction of sp³-hybridized carbons (Fsp3) is 0.667. The molecule has 0 aliphatic carbocycles. The molecule has 5 nitrogen and oxygen atoms in total. The Bertz CT molecular complexity index is 331. The molecule has 0 saturated heterocycles.